The van der Waals surface area contributed by atoms with Crippen molar-refractivity contribution in [3.05, 3.63) is 18.0 Å². The zero-order valence-corrected chi connectivity index (χ0v) is 13.2. The quantitative estimate of drug-likeness (QED) is 0.848. The van der Waals surface area contributed by atoms with Crippen molar-refractivity contribution in [2.45, 2.75) is 44.0 Å². The fraction of sp³-hybridized carbons (Fsp3) is 0.615. The van der Waals surface area contributed by atoms with Gasteiger partial charge in [0.2, 0.25) is 0 Å². The molecule has 1 saturated carbocycles. The Morgan fingerprint density at radius 2 is 2.15 bits per heavy atom. The van der Waals surface area contributed by atoms with E-state index in [1.165, 1.54) is 12.3 Å². The van der Waals surface area contributed by atoms with E-state index in [9.17, 15) is 13.2 Å². The van der Waals surface area contributed by atoms with Gasteiger partial charge in [-0.05, 0) is 31.2 Å². The van der Waals surface area contributed by atoms with Crippen LogP contribution in [0, 0.1) is 5.92 Å². The Hall–Kier alpha value is -1.01. The molecule has 7 heteroatoms. The van der Waals surface area contributed by atoms with Gasteiger partial charge < -0.3 is 9.88 Å². The number of nitrogens with one attached hydrogen (secondary N) is 1. The number of halogens is 1. The van der Waals surface area contributed by atoms with E-state index in [1.807, 2.05) is 13.8 Å². The minimum absolute atomic E-state index is 0.0132. The van der Waals surface area contributed by atoms with E-state index in [1.54, 1.807) is 4.57 Å². The summed E-state index contributed by atoms with van der Waals surface area (Å²) in [7, 11) is 1.55. The lowest BCUT2D eigenvalue weighted by atomic mass is 9.93. The largest absolute Gasteiger partial charge is 0.351 e. The molecule has 0 atom stereocenters. The maximum atomic E-state index is 12.2. The van der Waals surface area contributed by atoms with Gasteiger partial charge in [-0.1, -0.05) is 13.8 Å². The van der Waals surface area contributed by atoms with Crippen molar-refractivity contribution in [2.24, 2.45) is 5.92 Å². The highest BCUT2D eigenvalue weighted by atomic mass is 35.7. The van der Waals surface area contributed by atoms with E-state index in [0.717, 1.165) is 19.3 Å². The number of hydrogen-bond acceptors (Lipinski definition) is 3. The second-order valence-corrected chi connectivity index (χ2v) is 8.16. The van der Waals surface area contributed by atoms with Crippen LogP contribution in [0.2, 0.25) is 0 Å². The van der Waals surface area contributed by atoms with Crippen molar-refractivity contribution in [1.82, 2.24) is 9.88 Å². The Balaban J connectivity index is 2.29. The van der Waals surface area contributed by atoms with E-state index < -0.39 is 9.05 Å². The van der Waals surface area contributed by atoms with Gasteiger partial charge in [0.15, 0.2) is 0 Å². The maximum absolute atomic E-state index is 12.2. The van der Waals surface area contributed by atoms with Crippen molar-refractivity contribution in [3.8, 4) is 0 Å². The molecule has 0 saturated heterocycles. The highest BCUT2D eigenvalue weighted by Crippen LogP contribution is 2.34. The van der Waals surface area contributed by atoms with Crippen molar-refractivity contribution in [1.29, 1.82) is 0 Å². The van der Waals surface area contributed by atoms with E-state index in [2.05, 4.69) is 5.32 Å². The molecule has 1 aromatic rings. The lowest BCUT2D eigenvalue weighted by Crippen LogP contribution is -2.31. The highest BCUT2D eigenvalue weighted by Gasteiger charge is 2.27. The van der Waals surface area contributed by atoms with Crippen LogP contribution >= 0.6 is 10.7 Å². The predicted octanol–water partition coefficient (Wildman–Crippen LogP) is 2.53. The van der Waals surface area contributed by atoms with Crippen LogP contribution in [-0.2, 0) is 9.05 Å². The van der Waals surface area contributed by atoms with Gasteiger partial charge in [-0.2, -0.15) is 0 Å². The Morgan fingerprint density at radius 1 is 1.50 bits per heavy atom. The lowest BCUT2D eigenvalue weighted by molar-refractivity contribution is 0.0934. The van der Waals surface area contributed by atoms with Crippen LogP contribution in [0.3, 0.4) is 0 Å². The van der Waals surface area contributed by atoms with Crippen LogP contribution in [-0.4, -0.2) is 25.4 Å². The number of amides is 1. The topological polar surface area (TPSA) is 68.2 Å². The zero-order chi connectivity index (χ0) is 14.9. The summed E-state index contributed by atoms with van der Waals surface area (Å²) >= 11 is 0. The first-order valence-electron chi connectivity index (χ1n) is 6.73. The molecule has 2 rings (SSSR count). The summed E-state index contributed by atoms with van der Waals surface area (Å²) in [5.41, 5.74) is 0.370. The van der Waals surface area contributed by atoms with Crippen molar-refractivity contribution < 1.29 is 13.2 Å². The molecular formula is C13H19ClN2O3S. The first kappa shape index (κ1) is 15.4. The normalized spacial score (nSPS) is 16.2. The Labute approximate surface area is 123 Å². The number of aromatic nitrogens is 1. The summed E-state index contributed by atoms with van der Waals surface area (Å²) in [6.45, 7) is 4.55. The minimum atomic E-state index is -3.82. The molecule has 1 heterocycles. The monoisotopic (exact) mass is 318 g/mol. The number of carbonyl (C=O) groups is 1. The number of rotatable bonds is 5. The smallest absolute Gasteiger partial charge is 0.267 e. The molecule has 1 fully saturated rings. The SMILES string of the molecule is CC(C)CNC(=O)c1cc(S(=O)(=O)Cl)cn1C1CCC1. The van der Waals surface area contributed by atoms with Gasteiger partial charge in [-0.25, -0.2) is 8.42 Å². The molecule has 112 valence electrons. The molecular weight excluding hydrogens is 300 g/mol. The van der Waals surface area contributed by atoms with Gasteiger partial charge >= 0.3 is 0 Å². The highest BCUT2D eigenvalue weighted by molar-refractivity contribution is 8.13. The second kappa shape index (κ2) is 5.77. The molecule has 5 nitrogen and oxygen atoms in total. The first-order valence-corrected chi connectivity index (χ1v) is 9.04. The summed E-state index contributed by atoms with van der Waals surface area (Å²) in [6.07, 6.45) is 4.48. The van der Waals surface area contributed by atoms with Crippen molar-refractivity contribution in [2.75, 3.05) is 6.54 Å². The fourth-order valence-electron chi connectivity index (χ4n) is 2.12. The third kappa shape index (κ3) is 3.35. The van der Waals surface area contributed by atoms with Crippen LogP contribution in [0.15, 0.2) is 17.2 Å². The number of nitrogens with zero attached hydrogens (tertiary/aromatic N) is 1. The zero-order valence-electron chi connectivity index (χ0n) is 11.6. The van der Waals surface area contributed by atoms with Gasteiger partial charge in [0.05, 0.1) is 0 Å². The molecule has 20 heavy (non-hydrogen) atoms. The standard InChI is InChI=1S/C13H19ClN2O3S/c1-9(2)7-15-13(17)12-6-11(20(14,18)19)8-16(12)10-4-3-5-10/h6,8-10H,3-5,7H2,1-2H3,(H,15,17). The molecule has 0 aliphatic heterocycles. The third-order valence-electron chi connectivity index (χ3n) is 3.48. The molecule has 0 radical (unpaired) electrons. The van der Waals surface area contributed by atoms with Gasteiger partial charge in [0.1, 0.15) is 10.6 Å². The average Bonchev–Trinajstić information content (AvgIpc) is 2.67. The van der Waals surface area contributed by atoms with Gasteiger partial charge in [-0.3, -0.25) is 4.79 Å². The maximum Gasteiger partial charge on any atom is 0.267 e. The van der Waals surface area contributed by atoms with E-state index >= 15 is 0 Å². The molecule has 0 aromatic carbocycles. The van der Waals surface area contributed by atoms with Crippen LogP contribution in [0.25, 0.3) is 0 Å². The van der Waals surface area contributed by atoms with Crippen molar-refractivity contribution >= 4 is 25.6 Å². The molecule has 1 aliphatic carbocycles. The van der Waals surface area contributed by atoms with Gasteiger partial charge in [-0.15, -0.1) is 0 Å². The van der Waals surface area contributed by atoms with Gasteiger partial charge in [0, 0.05) is 29.5 Å². The Kier molecular flexibility index (Phi) is 4.44. The molecule has 1 amide bonds. The minimum Gasteiger partial charge on any atom is -0.351 e. The molecule has 1 N–H and O–H groups in total. The second-order valence-electron chi connectivity index (χ2n) is 5.59. The third-order valence-corrected chi connectivity index (χ3v) is 4.80. The summed E-state index contributed by atoms with van der Waals surface area (Å²) in [6, 6.07) is 1.55. The summed E-state index contributed by atoms with van der Waals surface area (Å²) < 4.78 is 24.6. The average molecular weight is 319 g/mol. The summed E-state index contributed by atoms with van der Waals surface area (Å²) in [5, 5.41) is 2.81. The molecule has 0 unspecified atom stereocenters. The molecule has 1 aliphatic rings. The van der Waals surface area contributed by atoms with Crippen LogP contribution in [0.1, 0.15) is 49.6 Å². The van der Waals surface area contributed by atoms with Gasteiger partial charge in [0.25, 0.3) is 15.0 Å². The summed E-state index contributed by atoms with van der Waals surface area (Å²) in [4.78, 5) is 12.2. The van der Waals surface area contributed by atoms with Crippen LogP contribution in [0.4, 0.5) is 0 Å². The predicted molar refractivity (Wildman–Crippen MR) is 77.5 cm³/mol. The summed E-state index contributed by atoms with van der Waals surface area (Å²) in [5.74, 6) is 0.0828. The van der Waals surface area contributed by atoms with Crippen molar-refractivity contribution in [3.63, 3.8) is 0 Å². The van der Waals surface area contributed by atoms with E-state index in [4.69, 9.17) is 10.7 Å². The Bertz CT molecular complexity index is 603. The molecule has 0 bridgehead atoms. The molecule has 0 spiro atoms. The first-order chi connectivity index (χ1) is 9.29. The van der Waals surface area contributed by atoms with E-state index in [-0.39, 0.29) is 16.8 Å². The lowest BCUT2D eigenvalue weighted by Gasteiger charge is -2.28. The fourth-order valence-corrected chi connectivity index (χ4v) is 2.87. The molecule has 1 aromatic heterocycles. The number of hydrogen-bond donors (Lipinski definition) is 1. The van der Waals surface area contributed by atoms with E-state index in [0.29, 0.717) is 18.2 Å². The number of carbonyl (C=O) groups excluding carboxylic acids is 1. The van der Waals surface area contributed by atoms with Crippen LogP contribution in [0.5, 0.6) is 0 Å². The Morgan fingerprint density at radius 3 is 2.60 bits per heavy atom. The van der Waals surface area contributed by atoms with Crippen LogP contribution < -0.4 is 5.32 Å².